The highest BCUT2D eigenvalue weighted by Crippen LogP contribution is 2.14. The number of hydrogen-bond donors (Lipinski definition) is 1. The summed E-state index contributed by atoms with van der Waals surface area (Å²) in [4.78, 5) is 10.9. The Morgan fingerprint density at radius 1 is 1.30 bits per heavy atom. The number of nitrogens with one attached hydrogen (secondary N) is 1. The largest absolute Gasteiger partial charge is 0.491 e. The summed E-state index contributed by atoms with van der Waals surface area (Å²) in [6.07, 6.45) is 0.411. The van der Waals surface area contributed by atoms with E-state index in [1.807, 2.05) is 24.3 Å². The van der Waals surface area contributed by atoms with E-state index in [2.05, 4.69) is 5.32 Å². The van der Waals surface area contributed by atoms with Crippen molar-refractivity contribution in [2.45, 2.75) is 12.5 Å². The van der Waals surface area contributed by atoms with Crippen LogP contribution in [0.2, 0.25) is 0 Å². The molecular weight excluding hydrogens is 262 g/mol. The standard InChI is InChI=1S/C14H19NO5/c1-17-10-18-6-7-19-13-4-2-11(3-5-13)8-12-9-20-14(16)15-12/h2-5,12H,6-10H2,1H3,(H,15,16). The number of alkyl carbamates (subject to hydrolysis) is 1. The Morgan fingerprint density at radius 2 is 2.10 bits per heavy atom. The minimum Gasteiger partial charge on any atom is -0.491 e. The number of benzene rings is 1. The Balaban J connectivity index is 1.71. The van der Waals surface area contributed by atoms with E-state index in [0.717, 1.165) is 17.7 Å². The average molecular weight is 281 g/mol. The first kappa shape index (κ1) is 14.6. The highest BCUT2D eigenvalue weighted by atomic mass is 16.7. The lowest BCUT2D eigenvalue weighted by Gasteiger charge is -2.09. The quantitative estimate of drug-likeness (QED) is 0.575. The Labute approximate surface area is 118 Å². The molecule has 0 bridgehead atoms. The lowest BCUT2D eigenvalue weighted by atomic mass is 10.1. The molecule has 0 aliphatic carbocycles. The van der Waals surface area contributed by atoms with Crippen molar-refractivity contribution in [1.82, 2.24) is 5.32 Å². The third-order valence-corrected chi connectivity index (χ3v) is 2.84. The van der Waals surface area contributed by atoms with E-state index in [0.29, 0.717) is 19.8 Å². The Morgan fingerprint density at radius 3 is 2.75 bits per heavy atom. The van der Waals surface area contributed by atoms with Gasteiger partial charge in [0.05, 0.1) is 12.6 Å². The van der Waals surface area contributed by atoms with Crippen LogP contribution in [0.25, 0.3) is 0 Å². The van der Waals surface area contributed by atoms with Crippen LogP contribution in [0.5, 0.6) is 5.75 Å². The summed E-state index contributed by atoms with van der Waals surface area (Å²) in [5.41, 5.74) is 1.13. The normalized spacial score (nSPS) is 17.6. The summed E-state index contributed by atoms with van der Waals surface area (Å²) >= 11 is 0. The van der Waals surface area contributed by atoms with Gasteiger partial charge in [0.1, 0.15) is 25.8 Å². The monoisotopic (exact) mass is 281 g/mol. The lowest BCUT2D eigenvalue weighted by molar-refractivity contribution is -0.0387. The van der Waals surface area contributed by atoms with Gasteiger partial charge in [-0.2, -0.15) is 0 Å². The SMILES string of the molecule is COCOCCOc1ccc(CC2COC(=O)N2)cc1. The fourth-order valence-corrected chi connectivity index (χ4v) is 1.90. The predicted molar refractivity (Wildman–Crippen MR) is 71.7 cm³/mol. The zero-order chi connectivity index (χ0) is 14.2. The van der Waals surface area contributed by atoms with E-state index < -0.39 is 0 Å². The molecule has 1 unspecified atom stereocenters. The number of cyclic esters (lactones) is 1. The number of rotatable bonds is 8. The van der Waals surface area contributed by atoms with Gasteiger partial charge in [0.15, 0.2) is 0 Å². The molecule has 6 nitrogen and oxygen atoms in total. The van der Waals surface area contributed by atoms with Crippen LogP contribution in [0.15, 0.2) is 24.3 Å². The molecule has 1 heterocycles. The molecule has 1 atom stereocenters. The maximum Gasteiger partial charge on any atom is 0.407 e. The van der Waals surface area contributed by atoms with Gasteiger partial charge in [0.2, 0.25) is 0 Å². The highest BCUT2D eigenvalue weighted by molar-refractivity contribution is 5.69. The maximum atomic E-state index is 10.9. The number of carbonyl (C=O) groups is 1. The summed E-state index contributed by atoms with van der Waals surface area (Å²) in [7, 11) is 1.58. The minimum atomic E-state index is -0.342. The Hall–Kier alpha value is -1.79. The summed E-state index contributed by atoms with van der Waals surface area (Å²) in [5, 5.41) is 2.75. The van der Waals surface area contributed by atoms with E-state index >= 15 is 0 Å². The van der Waals surface area contributed by atoms with E-state index in [1.54, 1.807) is 7.11 Å². The molecule has 1 saturated heterocycles. The van der Waals surface area contributed by atoms with Crippen molar-refractivity contribution in [3.8, 4) is 5.75 Å². The first-order chi connectivity index (χ1) is 9.78. The van der Waals surface area contributed by atoms with Crippen molar-refractivity contribution in [3.63, 3.8) is 0 Å². The predicted octanol–water partition coefficient (Wildman–Crippen LogP) is 1.34. The van der Waals surface area contributed by atoms with Gasteiger partial charge >= 0.3 is 6.09 Å². The number of methoxy groups -OCH3 is 1. The van der Waals surface area contributed by atoms with Crippen molar-refractivity contribution in [2.75, 3.05) is 33.7 Å². The third-order valence-electron chi connectivity index (χ3n) is 2.84. The molecule has 1 aliphatic rings. The molecule has 2 rings (SSSR count). The van der Waals surface area contributed by atoms with Crippen LogP contribution < -0.4 is 10.1 Å². The molecule has 1 aromatic rings. The van der Waals surface area contributed by atoms with E-state index in [-0.39, 0.29) is 18.9 Å². The van der Waals surface area contributed by atoms with E-state index in [4.69, 9.17) is 18.9 Å². The summed E-state index contributed by atoms with van der Waals surface area (Å²) in [6.45, 7) is 1.67. The molecule has 110 valence electrons. The molecule has 1 aliphatic heterocycles. The average Bonchev–Trinajstić information content (AvgIpc) is 2.86. The van der Waals surface area contributed by atoms with Gasteiger partial charge in [-0.25, -0.2) is 4.79 Å². The smallest absolute Gasteiger partial charge is 0.407 e. The molecule has 1 fully saturated rings. The van der Waals surface area contributed by atoms with Crippen LogP contribution in [-0.2, 0) is 20.6 Å². The lowest BCUT2D eigenvalue weighted by Crippen LogP contribution is -2.28. The molecular formula is C14H19NO5. The van der Waals surface area contributed by atoms with Gasteiger partial charge in [-0.3, -0.25) is 0 Å². The minimum absolute atomic E-state index is 0.0525. The molecule has 1 N–H and O–H groups in total. The van der Waals surface area contributed by atoms with Crippen LogP contribution in [-0.4, -0.2) is 45.9 Å². The van der Waals surface area contributed by atoms with Crippen molar-refractivity contribution in [3.05, 3.63) is 29.8 Å². The van der Waals surface area contributed by atoms with E-state index in [1.165, 1.54) is 0 Å². The van der Waals surface area contributed by atoms with Gasteiger partial charge in [0, 0.05) is 7.11 Å². The van der Waals surface area contributed by atoms with E-state index in [9.17, 15) is 4.79 Å². The number of carbonyl (C=O) groups excluding carboxylic acids is 1. The van der Waals surface area contributed by atoms with Gasteiger partial charge in [-0.05, 0) is 24.1 Å². The second-order valence-corrected chi connectivity index (χ2v) is 4.45. The summed E-state index contributed by atoms with van der Waals surface area (Å²) < 4.78 is 20.3. The van der Waals surface area contributed by atoms with Crippen molar-refractivity contribution in [2.24, 2.45) is 0 Å². The molecule has 6 heteroatoms. The highest BCUT2D eigenvalue weighted by Gasteiger charge is 2.21. The van der Waals surface area contributed by atoms with Crippen LogP contribution >= 0.6 is 0 Å². The third kappa shape index (κ3) is 4.71. The fraction of sp³-hybridized carbons (Fsp3) is 0.500. The molecule has 0 radical (unpaired) electrons. The topological polar surface area (TPSA) is 66.0 Å². The van der Waals surface area contributed by atoms with Crippen LogP contribution in [0, 0.1) is 0 Å². The first-order valence-electron chi connectivity index (χ1n) is 6.49. The zero-order valence-corrected chi connectivity index (χ0v) is 11.5. The fourth-order valence-electron chi connectivity index (χ4n) is 1.90. The van der Waals surface area contributed by atoms with Gasteiger partial charge in [-0.1, -0.05) is 12.1 Å². The van der Waals surface area contributed by atoms with Crippen LogP contribution in [0.3, 0.4) is 0 Å². The molecule has 20 heavy (non-hydrogen) atoms. The van der Waals surface area contributed by atoms with Gasteiger partial charge in [-0.15, -0.1) is 0 Å². The molecule has 0 saturated carbocycles. The number of hydrogen-bond acceptors (Lipinski definition) is 5. The molecule has 0 aromatic heterocycles. The van der Waals surface area contributed by atoms with Crippen LogP contribution in [0.1, 0.15) is 5.56 Å². The molecule has 1 amide bonds. The number of amides is 1. The van der Waals surface area contributed by atoms with Crippen molar-refractivity contribution in [1.29, 1.82) is 0 Å². The zero-order valence-electron chi connectivity index (χ0n) is 11.5. The first-order valence-corrected chi connectivity index (χ1v) is 6.49. The second-order valence-electron chi connectivity index (χ2n) is 4.45. The van der Waals surface area contributed by atoms with Gasteiger partial charge in [0.25, 0.3) is 0 Å². The maximum absolute atomic E-state index is 10.9. The van der Waals surface area contributed by atoms with Gasteiger partial charge < -0.3 is 24.3 Å². The Kier molecular flexibility index (Phi) is 5.64. The second kappa shape index (κ2) is 7.72. The summed E-state index contributed by atoms with van der Waals surface area (Å²) in [6, 6.07) is 7.83. The summed E-state index contributed by atoms with van der Waals surface area (Å²) in [5.74, 6) is 0.793. The van der Waals surface area contributed by atoms with Crippen molar-refractivity contribution >= 4 is 6.09 Å². The Bertz CT molecular complexity index is 420. The molecule has 0 spiro atoms. The van der Waals surface area contributed by atoms with Crippen LogP contribution in [0.4, 0.5) is 4.79 Å². The number of ether oxygens (including phenoxy) is 4. The van der Waals surface area contributed by atoms with Crippen molar-refractivity contribution < 1.29 is 23.7 Å². The molecule has 1 aromatic carbocycles.